The fourth-order valence-corrected chi connectivity index (χ4v) is 1.24. The lowest BCUT2D eigenvalue weighted by Crippen LogP contribution is -2.10. The number of alkyl halides is 1. The van der Waals surface area contributed by atoms with Crippen LogP contribution in [-0.2, 0) is 11.8 Å². The minimum atomic E-state index is -1.95. The Morgan fingerprint density at radius 1 is 1.92 bits per heavy atom. The van der Waals surface area contributed by atoms with Crippen LogP contribution in [0, 0.1) is 0 Å². The van der Waals surface area contributed by atoms with Gasteiger partial charge in [0, 0.05) is 19.4 Å². The largest absolute Gasteiger partial charge is 0.478 e. The summed E-state index contributed by atoms with van der Waals surface area (Å²) in [5.74, 6) is -1.48. The van der Waals surface area contributed by atoms with Gasteiger partial charge in [-0.2, -0.15) is 0 Å². The van der Waals surface area contributed by atoms with Crippen LogP contribution in [0.3, 0.4) is 0 Å². The third-order valence-electron chi connectivity index (χ3n) is 1.18. The molecule has 0 aliphatic heterocycles. The second-order valence-electron chi connectivity index (χ2n) is 2.09. The molecule has 0 saturated heterocycles. The predicted octanol–water partition coefficient (Wildman–Crippen LogP) is 0.892. The highest BCUT2D eigenvalue weighted by atomic mass is 32.2. The summed E-state index contributed by atoms with van der Waals surface area (Å²) in [6.45, 7) is 0. The van der Waals surface area contributed by atoms with Crippen LogP contribution in [0.1, 0.15) is 0 Å². The Balaban J connectivity index is 2.64. The van der Waals surface area contributed by atoms with E-state index in [2.05, 4.69) is 4.98 Å². The van der Waals surface area contributed by atoms with E-state index in [4.69, 9.17) is 5.11 Å². The van der Waals surface area contributed by atoms with E-state index < -0.39 is 11.5 Å². The number of halogens is 1. The van der Waals surface area contributed by atoms with Gasteiger partial charge in [0.15, 0.2) is 5.16 Å². The Labute approximate surface area is 72.4 Å². The molecule has 0 amide bonds. The minimum absolute atomic E-state index is 0.352. The number of nitrogens with zero attached hydrogens (tertiary/aromatic N) is 2. The number of carboxylic acids is 1. The maximum absolute atomic E-state index is 12.6. The van der Waals surface area contributed by atoms with Crippen molar-refractivity contribution in [3.8, 4) is 0 Å². The highest BCUT2D eigenvalue weighted by Crippen LogP contribution is 2.21. The summed E-state index contributed by atoms with van der Waals surface area (Å²) in [5.41, 5.74) is -1.95. The minimum Gasteiger partial charge on any atom is -0.478 e. The van der Waals surface area contributed by atoms with E-state index in [1.54, 1.807) is 17.8 Å². The van der Waals surface area contributed by atoms with Crippen molar-refractivity contribution in [1.82, 2.24) is 9.55 Å². The van der Waals surface area contributed by atoms with Crippen LogP contribution in [0.2, 0.25) is 0 Å². The Morgan fingerprint density at radius 2 is 2.58 bits per heavy atom. The molecule has 1 rings (SSSR count). The van der Waals surface area contributed by atoms with Gasteiger partial charge in [-0.1, -0.05) is 0 Å². The number of hydrogen-bond donors (Lipinski definition) is 1. The van der Waals surface area contributed by atoms with Crippen LogP contribution in [0.25, 0.3) is 0 Å². The van der Waals surface area contributed by atoms with Crippen molar-refractivity contribution in [2.24, 2.45) is 7.05 Å². The van der Waals surface area contributed by atoms with Crippen LogP contribution < -0.4 is 0 Å². The lowest BCUT2D eigenvalue weighted by molar-refractivity contribution is -0.139. The van der Waals surface area contributed by atoms with Crippen LogP contribution in [0.5, 0.6) is 0 Å². The zero-order valence-corrected chi connectivity index (χ0v) is 7.08. The molecule has 0 aliphatic rings. The molecule has 0 bridgehead atoms. The van der Waals surface area contributed by atoms with Gasteiger partial charge < -0.3 is 9.67 Å². The molecular formula is C6H7FN2O2S. The molecule has 1 aromatic heterocycles. The fourth-order valence-electron chi connectivity index (χ4n) is 0.608. The van der Waals surface area contributed by atoms with Crippen molar-refractivity contribution in [3.63, 3.8) is 0 Å². The second-order valence-corrected chi connectivity index (χ2v) is 3.11. The first-order valence-electron chi connectivity index (χ1n) is 3.12. The number of aliphatic carboxylic acids is 1. The monoisotopic (exact) mass is 190 g/mol. The standard InChI is InChI=1S/C6H7FN2O2S/c1-9-3-2-8-6(9)12-4(7)5(10)11/h2-4H,1H3,(H,10,11). The maximum Gasteiger partial charge on any atom is 0.349 e. The van der Waals surface area contributed by atoms with Gasteiger partial charge in [-0.05, 0) is 11.8 Å². The summed E-state index contributed by atoms with van der Waals surface area (Å²) < 4.78 is 14.1. The average molecular weight is 190 g/mol. The lowest BCUT2D eigenvalue weighted by Gasteiger charge is -2.01. The molecule has 1 N–H and O–H groups in total. The molecule has 1 atom stereocenters. The SMILES string of the molecule is Cn1ccnc1SC(F)C(=O)O. The fraction of sp³-hybridized carbons (Fsp3) is 0.333. The Kier molecular flexibility index (Phi) is 2.69. The van der Waals surface area contributed by atoms with Gasteiger partial charge in [-0.15, -0.1) is 0 Å². The molecule has 12 heavy (non-hydrogen) atoms. The van der Waals surface area contributed by atoms with Crippen LogP contribution in [0.4, 0.5) is 4.39 Å². The quantitative estimate of drug-likeness (QED) is 0.719. The number of aromatic nitrogens is 2. The van der Waals surface area contributed by atoms with Gasteiger partial charge in [0.1, 0.15) is 0 Å². The van der Waals surface area contributed by atoms with E-state index in [0.29, 0.717) is 16.9 Å². The average Bonchev–Trinajstić information content (AvgIpc) is 2.36. The normalized spacial score (nSPS) is 12.8. The molecule has 1 heterocycles. The van der Waals surface area contributed by atoms with Crippen molar-refractivity contribution in [2.75, 3.05) is 0 Å². The highest BCUT2D eigenvalue weighted by molar-refractivity contribution is 8.00. The lowest BCUT2D eigenvalue weighted by atomic mass is 10.8. The Morgan fingerprint density at radius 3 is 3.00 bits per heavy atom. The van der Waals surface area contributed by atoms with Crippen molar-refractivity contribution in [1.29, 1.82) is 0 Å². The first-order chi connectivity index (χ1) is 5.61. The molecule has 0 fully saturated rings. The van der Waals surface area contributed by atoms with Gasteiger partial charge in [-0.3, -0.25) is 0 Å². The maximum atomic E-state index is 12.6. The van der Waals surface area contributed by atoms with Gasteiger partial charge in [0.05, 0.1) is 0 Å². The van der Waals surface area contributed by atoms with Gasteiger partial charge in [0.2, 0.25) is 5.50 Å². The first kappa shape index (κ1) is 9.05. The number of aryl methyl sites for hydroxylation is 1. The predicted molar refractivity (Wildman–Crippen MR) is 41.6 cm³/mol. The van der Waals surface area contributed by atoms with Crippen molar-refractivity contribution >= 4 is 17.7 Å². The molecule has 4 nitrogen and oxygen atoms in total. The molecule has 1 aromatic rings. The molecule has 0 radical (unpaired) electrons. The molecule has 0 spiro atoms. The zero-order chi connectivity index (χ0) is 9.14. The molecular weight excluding hydrogens is 183 g/mol. The van der Waals surface area contributed by atoms with Gasteiger partial charge in [0.25, 0.3) is 0 Å². The number of rotatable bonds is 3. The van der Waals surface area contributed by atoms with Gasteiger partial charge in [-0.25, -0.2) is 14.2 Å². The van der Waals surface area contributed by atoms with E-state index >= 15 is 0 Å². The van der Waals surface area contributed by atoms with Gasteiger partial charge >= 0.3 is 5.97 Å². The first-order valence-corrected chi connectivity index (χ1v) is 4.00. The van der Waals surface area contributed by atoms with E-state index in [0.717, 1.165) is 0 Å². The molecule has 6 heteroatoms. The molecule has 0 saturated carbocycles. The summed E-state index contributed by atoms with van der Waals surface area (Å²) in [7, 11) is 1.67. The zero-order valence-electron chi connectivity index (χ0n) is 6.27. The summed E-state index contributed by atoms with van der Waals surface area (Å²) >= 11 is 0.571. The number of carbonyl (C=O) groups is 1. The third-order valence-corrected chi connectivity index (χ3v) is 2.19. The van der Waals surface area contributed by atoms with Crippen molar-refractivity contribution in [3.05, 3.63) is 12.4 Å². The van der Waals surface area contributed by atoms with Crippen LogP contribution in [-0.4, -0.2) is 26.1 Å². The summed E-state index contributed by atoms with van der Waals surface area (Å²) in [4.78, 5) is 13.9. The highest BCUT2D eigenvalue weighted by Gasteiger charge is 2.18. The summed E-state index contributed by atoms with van der Waals surface area (Å²) in [6.07, 6.45) is 3.10. The summed E-state index contributed by atoms with van der Waals surface area (Å²) in [6, 6.07) is 0. The van der Waals surface area contributed by atoms with Crippen molar-refractivity contribution < 1.29 is 14.3 Å². The van der Waals surface area contributed by atoms with Crippen LogP contribution in [0.15, 0.2) is 17.6 Å². The third kappa shape index (κ3) is 1.97. The summed E-state index contributed by atoms with van der Waals surface area (Å²) in [5, 5.41) is 8.59. The molecule has 0 aromatic carbocycles. The van der Waals surface area contributed by atoms with Crippen molar-refractivity contribution in [2.45, 2.75) is 10.7 Å². The molecule has 66 valence electrons. The van der Waals surface area contributed by atoms with E-state index in [1.165, 1.54) is 6.20 Å². The molecule has 0 aliphatic carbocycles. The number of carboxylic acid groups (broad SMARTS) is 1. The second kappa shape index (κ2) is 3.57. The molecule has 1 unspecified atom stereocenters. The van der Waals surface area contributed by atoms with E-state index in [9.17, 15) is 9.18 Å². The Hall–Kier alpha value is -1.04. The van der Waals surface area contributed by atoms with Crippen LogP contribution >= 0.6 is 11.8 Å². The number of imidazole rings is 1. The number of hydrogen-bond acceptors (Lipinski definition) is 3. The van der Waals surface area contributed by atoms with E-state index in [1.807, 2.05) is 0 Å². The Bertz CT molecular complexity index is 289. The number of thioether (sulfide) groups is 1. The smallest absolute Gasteiger partial charge is 0.349 e. The topological polar surface area (TPSA) is 55.1 Å². The van der Waals surface area contributed by atoms with E-state index in [-0.39, 0.29) is 0 Å².